The van der Waals surface area contributed by atoms with Gasteiger partial charge in [0.1, 0.15) is 23.4 Å². The number of rotatable bonds is 9. The van der Waals surface area contributed by atoms with Gasteiger partial charge in [-0.25, -0.2) is 4.98 Å². The van der Waals surface area contributed by atoms with Crippen LogP contribution in [-0.2, 0) is 16.1 Å². The van der Waals surface area contributed by atoms with Gasteiger partial charge in [-0.2, -0.15) is 0 Å². The summed E-state index contributed by atoms with van der Waals surface area (Å²) in [4.78, 5) is 49.2. The second-order valence-corrected chi connectivity index (χ2v) is 11.5. The molecule has 3 N–H and O–H groups in total. The van der Waals surface area contributed by atoms with Gasteiger partial charge in [-0.3, -0.25) is 14.4 Å². The summed E-state index contributed by atoms with van der Waals surface area (Å²) in [5.41, 5.74) is 1.34. The van der Waals surface area contributed by atoms with Gasteiger partial charge in [0.2, 0.25) is 11.8 Å². The Balaban J connectivity index is 1.03. The first-order chi connectivity index (χ1) is 19.4. The number of H-pyrrole nitrogens is 1. The SMILES string of the molecule is C[C@@]12C[C@@H]1N(C(=O)CNC(=O)c1ccc(Oc3ccccc3)cc1)[C@H](C(=O)NCc1cc(-c3ncc[nH]3)cs1)C2. The van der Waals surface area contributed by atoms with E-state index in [-0.39, 0.29) is 35.7 Å². The predicted octanol–water partition coefficient (Wildman–Crippen LogP) is 4.36. The van der Waals surface area contributed by atoms with Crippen LogP contribution in [0.5, 0.6) is 11.5 Å². The second kappa shape index (κ2) is 10.6. The molecule has 9 nitrogen and oxygen atoms in total. The zero-order valence-corrected chi connectivity index (χ0v) is 22.7. The standard InChI is InChI=1S/C30H29N5O4S/c1-30-14-24(29(38)33-16-23-13-20(18-40-23)27-31-11-12-32-27)35(25(30)15-30)26(36)17-34-28(37)19-7-9-22(10-8-19)39-21-5-3-2-4-6-21/h2-13,18,24-25H,14-17H2,1H3,(H,31,32)(H,33,38)(H,34,37)/t24-,25-,30+/m0/s1. The number of amides is 3. The average molecular weight is 556 g/mol. The summed E-state index contributed by atoms with van der Waals surface area (Å²) in [5.74, 6) is 1.32. The number of thiophene rings is 1. The summed E-state index contributed by atoms with van der Waals surface area (Å²) in [6, 6.07) is 17.6. The van der Waals surface area contributed by atoms with Crippen molar-refractivity contribution in [3.05, 3.63) is 88.9 Å². The number of fused-ring (bicyclic) bond motifs is 1. The van der Waals surface area contributed by atoms with Crippen molar-refractivity contribution in [2.45, 2.75) is 38.4 Å². The summed E-state index contributed by atoms with van der Waals surface area (Å²) in [6.07, 6.45) is 4.96. The van der Waals surface area contributed by atoms with Crippen LogP contribution in [0.4, 0.5) is 0 Å². The number of ether oxygens (including phenoxy) is 1. The van der Waals surface area contributed by atoms with Crippen LogP contribution in [0.2, 0.25) is 0 Å². The second-order valence-electron chi connectivity index (χ2n) is 10.5. The Kier molecular flexibility index (Phi) is 6.85. The number of imidazole rings is 1. The fraction of sp³-hybridized carbons (Fsp3) is 0.267. The third-order valence-electron chi connectivity index (χ3n) is 7.58. The number of carbonyl (C=O) groups excluding carboxylic acids is 3. The van der Waals surface area contributed by atoms with Crippen molar-refractivity contribution in [3.8, 4) is 22.9 Å². The number of benzene rings is 2. The van der Waals surface area contributed by atoms with Crippen molar-refractivity contribution in [2.24, 2.45) is 5.41 Å². The topological polar surface area (TPSA) is 116 Å². The van der Waals surface area contributed by atoms with Crippen molar-refractivity contribution in [1.82, 2.24) is 25.5 Å². The van der Waals surface area contributed by atoms with Crippen LogP contribution < -0.4 is 15.4 Å². The molecule has 10 heteroatoms. The number of aromatic nitrogens is 2. The van der Waals surface area contributed by atoms with Gasteiger partial charge < -0.3 is 25.3 Å². The van der Waals surface area contributed by atoms with Gasteiger partial charge in [-0.05, 0) is 60.7 Å². The van der Waals surface area contributed by atoms with Crippen LogP contribution >= 0.6 is 11.3 Å². The maximum Gasteiger partial charge on any atom is 0.251 e. The van der Waals surface area contributed by atoms with Gasteiger partial charge >= 0.3 is 0 Å². The molecule has 2 aromatic carbocycles. The first-order valence-electron chi connectivity index (χ1n) is 13.2. The minimum absolute atomic E-state index is 0.0226. The normalized spacial score (nSPS) is 21.0. The largest absolute Gasteiger partial charge is 0.457 e. The zero-order valence-electron chi connectivity index (χ0n) is 21.9. The van der Waals surface area contributed by atoms with Crippen LogP contribution in [0.1, 0.15) is 35.0 Å². The highest BCUT2D eigenvalue weighted by Crippen LogP contribution is 2.59. The summed E-state index contributed by atoms with van der Waals surface area (Å²) in [7, 11) is 0. The zero-order chi connectivity index (χ0) is 27.7. The molecule has 6 rings (SSSR count). The van der Waals surface area contributed by atoms with E-state index >= 15 is 0 Å². The number of carbonyl (C=O) groups is 3. The van der Waals surface area contributed by atoms with Crippen molar-refractivity contribution in [2.75, 3.05) is 6.54 Å². The molecule has 3 atom stereocenters. The molecule has 204 valence electrons. The molecule has 2 aromatic heterocycles. The lowest BCUT2D eigenvalue weighted by Crippen LogP contribution is -2.50. The van der Waals surface area contributed by atoms with E-state index in [1.165, 1.54) is 0 Å². The molecule has 4 aromatic rings. The van der Waals surface area contributed by atoms with Crippen LogP contribution in [0.15, 0.2) is 78.4 Å². The molecule has 1 aliphatic heterocycles. The van der Waals surface area contributed by atoms with Crippen LogP contribution in [-0.4, -0.2) is 51.2 Å². The summed E-state index contributed by atoms with van der Waals surface area (Å²) in [5, 5.41) is 7.72. The molecule has 2 fully saturated rings. The summed E-state index contributed by atoms with van der Waals surface area (Å²) < 4.78 is 5.77. The fourth-order valence-corrected chi connectivity index (χ4v) is 6.13. The van der Waals surface area contributed by atoms with E-state index in [2.05, 4.69) is 27.5 Å². The highest BCUT2D eigenvalue weighted by atomic mass is 32.1. The number of aromatic amines is 1. The maximum absolute atomic E-state index is 13.2. The average Bonchev–Trinajstić information content (AvgIpc) is 3.43. The maximum atomic E-state index is 13.2. The minimum Gasteiger partial charge on any atom is -0.457 e. The number of piperidine rings is 1. The summed E-state index contributed by atoms with van der Waals surface area (Å²) in [6.45, 7) is 2.32. The van der Waals surface area contributed by atoms with E-state index in [0.717, 1.165) is 22.7 Å². The van der Waals surface area contributed by atoms with E-state index < -0.39 is 6.04 Å². The van der Waals surface area contributed by atoms with Gasteiger partial charge in [0.15, 0.2) is 0 Å². The highest BCUT2D eigenvalue weighted by molar-refractivity contribution is 7.10. The molecule has 0 bridgehead atoms. The van der Waals surface area contributed by atoms with Gasteiger partial charge in [-0.15, -0.1) is 11.3 Å². The number of hydrogen-bond acceptors (Lipinski definition) is 6. The quantitative estimate of drug-likeness (QED) is 0.284. The Hall–Kier alpha value is -4.44. The first-order valence-corrected chi connectivity index (χ1v) is 14.0. The van der Waals surface area contributed by atoms with Gasteiger partial charge in [0.05, 0.1) is 13.1 Å². The molecule has 1 saturated carbocycles. The molecule has 1 aliphatic carbocycles. The Bertz CT molecular complexity index is 1520. The molecule has 2 aliphatic rings. The Morgan fingerprint density at radius 1 is 1.07 bits per heavy atom. The lowest BCUT2D eigenvalue weighted by molar-refractivity contribution is -0.139. The van der Waals surface area contributed by atoms with E-state index in [1.54, 1.807) is 52.9 Å². The minimum atomic E-state index is -0.549. The molecule has 3 heterocycles. The lowest BCUT2D eigenvalue weighted by Gasteiger charge is -2.27. The Morgan fingerprint density at radius 2 is 1.85 bits per heavy atom. The molecule has 40 heavy (non-hydrogen) atoms. The van der Waals surface area contributed by atoms with Crippen molar-refractivity contribution in [3.63, 3.8) is 0 Å². The van der Waals surface area contributed by atoms with Crippen LogP contribution in [0, 0.1) is 5.41 Å². The highest BCUT2D eigenvalue weighted by Gasteiger charge is 2.64. The van der Waals surface area contributed by atoms with E-state index in [0.29, 0.717) is 30.0 Å². The molecular weight excluding hydrogens is 526 g/mol. The number of likely N-dealkylation sites (tertiary alicyclic amines) is 1. The van der Waals surface area contributed by atoms with Gasteiger partial charge in [-0.1, -0.05) is 25.1 Å². The molecule has 1 saturated heterocycles. The van der Waals surface area contributed by atoms with E-state index in [1.807, 2.05) is 41.8 Å². The van der Waals surface area contributed by atoms with Crippen molar-refractivity contribution >= 4 is 29.1 Å². The smallest absolute Gasteiger partial charge is 0.251 e. The van der Waals surface area contributed by atoms with Gasteiger partial charge in [0.25, 0.3) is 5.91 Å². The first kappa shape index (κ1) is 25.8. The number of para-hydroxylation sites is 1. The van der Waals surface area contributed by atoms with Gasteiger partial charge in [0, 0.05) is 39.8 Å². The lowest BCUT2D eigenvalue weighted by atomic mass is 10.0. The Labute approximate surface area is 235 Å². The molecule has 0 spiro atoms. The van der Waals surface area contributed by atoms with Crippen molar-refractivity contribution in [1.29, 1.82) is 0 Å². The number of nitrogens with one attached hydrogen (secondary N) is 3. The van der Waals surface area contributed by atoms with E-state index in [4.69, 9.17) is 4.74 Å². The molecule has 3 amide bonds. The van der Waals surface area contributed by atoms with Crippen LogP contribution in [0.25, 0.3) is 11.4 Å². The molecule has 0 radical (unpaired) electrons. The van der Waals surface area contributed by atoms with Crippen molar-refractivity contribution < 1.29 is 19.1 Å². The third-order valence-corrected chi connectivity index (χ3v) is 8.52. The molecular formula is C30H29N5O4S. The Morgan fingerprint density at radius 3 is 2.60 bits per heavy atom. The number of nitrogens with zero attached hydrogens (tertiary/aromatic N) is 2. The third kappa shape index (κ3) is 5.35. The predicted molar refractivity (Wildman–Crippen MR) is 151 cm³/mol. The monoisotopic (exact) mass is 555 g/mol. The molecule has 0 unspecified atom stereocenters. The fourth-order valence-electron chi connectivity index (χ4n) is 5.32. The summed E-state index contributed by atoms with van der Waals surface area (Å²) >= 11 is 1.55. The van der Waals surface area contributed by atoms with E-state index in [9.17, 15) is 14.4 Å². The number of hydrogen-bond donors (Lipinski definition) is 3. The van der Waals surface area contributed by atoms with Crippen LogP contribution in [0.3, 0.4) is 0 Å².